The predicted octanol–water partition coefficient (Wildman–Crippen LogP) is 2.73. The highest BCUT2D eigenvalue weighted by atomic mass is 32.2. The molecule has 0 aromatic heterocycles. The third-order valence-electron chi connectivity index (χ3n) is 3.56. The second-order valence-corrected chi connectivity index (χ2v) is 8.23. The van der Waals surface area contributed by atoms with Gasteiger partial charge < -0.3 is 15.2 Å². The molecule has 0 saturated carbocycles. The SMILES string of the molecule is CS(=O)(=O)Cc1ccc(C(=O)Nc2ccc(OCCCC(=O)O)cc2)cc1. The Morgan fingerprint density at radius 1 is 1.04 bits per heavy atom. The van der Waals surface area contributed by atoms with Crippen LogP contribution in [0.15, 0.2) is 48.5 Å². The molecule has 0 fully saturated rings. The highest BCUT2D eigenvalue weighted by molar-refractivity contribution is 7.89. The number of nitrogens with one attached hydrogen (secondary N) is 1. The van der Waals surface area contributed by atoms with E-state index in [1.54, 1.807) is 48.5 Å². The molecular weight excluding hydrogens is 370 g/mol. The predicted molar refractivity (Wildman–Crippen MR) is 102 cm³/mol. The van der Waals surface area contributed by atoms with Crippen molar-refractivity contribution in [1.82, 2.24) is 0 Å². The smallest absolute Gasteiger partial charge is 0.303 e. The number of carboxylic acid groups (broad SMARTS) is 1. The number of hydrogen-bond acceptors (Lipinski definition) is 5. The van der Waals surface area contributed by atoms with E-state index in [-0.39, 0.29) is 18.1 Å². The van der Waals surface area contributed by atoms with Crippen molar-refractivity contribution in [2.75, 3.05) is 18.2 Å². The number of aliphatic carboxylic acids is 1. The Bertz CT molecular complexity index is 889. The number of carboxylic acids is 1. The summed E-state index contributed by atoms with van der Waals surface area (Å²) in [5.74, 6) is -0.649. The molecule has 0 unspecified atom stereocenters. The summed E-state index contributed by atoms with van der Waals surface area (Å²) in [6.45, 7) is 0.303. The second kappa shape index (κ2) is 9.18. The Labute approximate surface area is 157 Å². The van der Waals surface area contributed by atoms with Gasteiger partial charge in [0.1, 0.15) is 5.75 Å². The summed E-state index contributed by atoms with van der Waals surface area (Å²) >= 11 is 0. The van der Waals surface area contributed by atoms with Gasteiger partial charge in [-0.15, -0.1) is 0 Å². The average Bonchev–Trinajstić information content (AvgIpc) is 2.59. The summed E-state index contributed by atoms with van der Waals surface area (Å²) in [6.07, 6.45) is 1.63. The number of rotatable bonds is 9. The van der Waals surface area contributed by atoms with Crippen molar-refractivity contribution < 1.29 is 27.9 Å². The minimum atomic E-state index is -3.12. The number of carbonyl (C=O) groups is 2. The number of anilines is 1. The number of amides is 1. The lowest BCUT2D eigenvalue weighted by Gasteiger charge is -2.08. The third-order valence-corrected chi connectivity index (χ3v) is 4.42. The molecule has 0 atom stereocenters. The summed E-state index contributed by atoms with van der Waals surface area (Å²) < 4.78 is 28.0. The summed E-state index contributed by atoms with van der Waals surface area (Å²) in [7, 11) is -3.12. The highest BCUT2D eigenvalue weighted by Crippen LogP contribution is 2.17. The maximum absolute atomic E-state index is 12.3. The molecule has 0 bridgehead atoms. The Hall–Kier alpha value is -2.87. The molecule has 0 saturated heterocycles. The molecule has 27 heavy (non-hydrogen) atoms. The van der Waals surface area contributed by atoms with E-state index in [0.29, 0.717) is 35.6 Å². The van der Waals surface area contributed by atoms with Crippen LogP contribution in [0, 0.1) is 0 Å². The van der Waals surface area contributed by atoms with E-state index in [4.69, 9.17) is 9.84 Å². The molecule has 0 radical (unpaired) electrons. The first-order valence-electron chi connectivity index (χ1n) is 8.25. The molecule has 144 valence electrons. The highest BCUT2D eigenvalue weighted by Gasteiger charge is 2.09. The van der Waals surface area contributed by atoms with Gasteiger partial charge in [-0.1, -0.05) is 12.1 Å². The summed E-state index contributed by atoms with van der Waals surface area (Å²) in [5.41, 5.74) is 1.62. The Kier molecular flexibility index (Phi) is 6.95. The van der Waals surface area contributed by atoms with Crippen LogP contribution < -0.4 is 10.1 Å². The Morgan fingerprint density at radius 3 is 2.22 bits per heavy atom. The van der Waals surface area contributed by atoms with Gasteiger partial charge in [-0.05, 0) is 48.4 Å². The zero-order valence-corrected chi connectivity index (χ0v) is 15.7. The van der Waals surface area contributed by atoms with Crippen molar-refractivity contribution in [3.63, 3.8) is 0 Å². The number of ether oxygens (including phenoxy) is 1. The van der Waals surface area contributed by atoms with E-state index >= 15 is 0 Å². The molecule has 8 heteroatoms. The first kappa shape index (κ1) is 20.4. The Balaban J connectivity index is 1.89. The quantitative estimate of drug-likeness (QED) is 0.636. The largest absolute Gasteiger partial charge is 0.494 e. The van der Waals surface area contributed by atoms with Crippen LogP contribution >= 0.6 is 0 Å². The number of hydrogen-bond donors (Lipinski definition) is 2. The normalized spacial score (nSPS) is 11.0. The number of sulfone groups is 1. The van der Waals surface area contributed by atoms with Crippen molar-refractivity contribution in [1.29, 1.82) is 0 Å². The molecule has 2 rings (SSSR count). The third kappa shape index (κ3) is 7.49. The van der Waals surface area contributed by atoms with E-state index in [9.17, 15) is 18.0 Å². The van der Waals surface area contributed by atoms with Gasteiger partial charge in [0.25, 0.3) is 5.91 Å². The molecular formula is C19H21NO6S. The fourth-order valence-electron chi connectivity index (χ4n) is 2.31. The van der Waals surface area contributed by atoms with Gasteiger partial charge in [-0.2, -0.15) is 0 Å². The van der Waals surface area contributed by atoms with Gasteiger partial charge in [-0.3, -0.25) is 9.59 Å². The van der Waals surface area contributed by atoms with Crippen molar-refractivity contribution in [2.24, 2.45) is 0 Å². The number of carbonyl (C=O) groups excluding carboxylic acids is 1. The van der Waals surface area contributed by atoms with E-state index in [1.165, 1.54) is 0 Å². The van der Waals surface area contributed by atoms with Crippen LogP contribution in [-0.4, -0.2) is 38.3 Å². The first-order chi connectivity index (χ1) is 12.7. The molecule has 7 nitrogen and oxygen atoms in total. The van der Waals surface area contributed by atoms with Gasteiger partial charge in [0, 0.05) is 23.9 Å². The molecule has 2 aromatic rings. The van der Waals surface area contributed by atoms with Crippen LogP contribution in [0.1, 0.15) is 28.8 Å². The molecule has 2 N–H and O–H groups in total. The van der Waals surface area contributed by atoms with Crippen LogP contribution in [0.5, 0.6) is 5.75 Å². The van der Waals surface area contributed by atoms with Gasteiger partial charge in [0.05, 0.1) is 12.4 Å². The fraction of sp³-hybridized carbons (Fsp3) is 0.263. The zero-order valence-electron chi connectivity index (χ0n) is 14.8. The lowest BCUT2D eigenvalue weighted by Crippen LogP contribution is -2.12. The molecule has 0 aliphatic rings. The summed E-state index contributed by atoms with van der Waals surface area (Å²) in [4.78, 5) is 22.7. The lowest BCUT2D eigenvalue weighted by atomic mass is 10.1. The van der Waals surface area contributed by atoms with Crippen molar-refractivity contribution >= 4 is 27.4 Å². The summed E-state index contributed by atoms with van der Waals surface area (Å²) in [5, 5.41) is 11.3. The molecule has 1 amide bonds. The first-order valence-corrected chi connectivity index (χ1v) is 10.3. The number of benzene rings is 2. The van der Waals surface area contributed by atoms with E-state index in [2.05, 4.69) is 5.32 Å². The topological polar surface area (TPSA) is 110 Å². The van der Waals surface area contributed by atoms with Crippen molar-refractivity contribution in [3.05, 3.63) is 59.7 Å². The molecule has 0 aliphatic carbocycles. The molecule has 0 heterocycles. The Morgan fingerprint density at radius 2 is 1.67 bits per heavy atom. The average molecular weight is 391 g/mol. The van der Waals surface area contributed by atoms with Gasteiger partial charge in [-0.25, -0.2) is 8.42 Å². The molecule has 0 aliphatic heterocycles. The molecule has 0 spiro atoms. The van der Waals surface area contributed by atoms with Crippen LogP contribution in [0.2, 0.25) is 0 Å². The van der Waals surface area contributed by atoms with E-state index < -0.39 is 15.8 Å². The van der Waals surface area contributed by atoms with Crippen LogP contribution in [0.25, 0.3) is 0 Å². The summed E-state index contributed by atoms with van der Waals surface area (Å²) in [6, 6.07) is 13.1. The maximum atomic E-state index is 12.3. The lowest BCUT2D eigenvalue weighted by molar-refractivity contribution is -0.137. The van der Waals surface area contributed by atoms with Crippen LogP contribution in [0.4, 0.5) is 5.69 Å². The maximum Gasteiger partial charge on any atom is 0.303 e. The second-order valence-electron chi connectivity index (χ2n) is 6.09. The van der Waals surface area contributed by atoms with Gasteiger partial charge in [0.15, 0.2) is 9.84 Å². The standard InChI is InChI=1S/C19H21NO6S/c1-27(24,25)13-14-4-6-15(7-5-14)19(23)20-16-8-10-17(11-9-16)26-12-2-3-18(21)22/h4-11H,2-3,12-13H2,1H3,(H,20,23)(H,21,22). The van der Waals surface area contributed by atoms with Crippen LogP contribution in [-0.2, 0) is 20.4 Å². The monoisotopic (exact) mass is 391 g/mol. The minimum Gasteiger partial charge on any atom is -0.494 e. The molecule has 2 aromatic carbocycles. The van der Waals surface area contributed by atoms with E-state index in [0.717, 1.165) is 6.26 Å². The van der Waals surface area contributed by atoms with Crippen LogP contribution in [0.3, 0.4) is 0 Å². The van der Waals surface area contributed by atoms with Crippen molar-refractivity contribution in [3.8, 4) is 5.75 Å². The van der Waals surface area contributed by atoms with E-state index in [1.807, 2.05) is 0 Å². The van der Waals surface area contributed by atoms with Gasteiger partial charge in [0.2, 0.25) is 0 Å². The minimum absolute atomic E-state index is 0.0527. The van der Waals surface area contributed by atoms with Gasteiger partial charge >= 0.3 is 5.97 Å². The zero-order chi connectivity index (χ0) is 19.9. The fourth-order valence-corrected chi connectivity index (χ4v) is 3.10. The van der Waals surface area contributed by atoms with Crippen molar-refractivity contribution in [2.45, 2.75) is 18.6 Å².